The minimum absolute atomic E-state index is 0.0188. The molecule has 3 aromatic rings. The van der Waals surface area contributed by atoms with Gasteiger partial charge in [0.05, 0.1) is 11.3 Å². The van der Waals surface area contributed by atoms with Crippen LogP contribution in [0.1, 0.15) is 22.3 Å². The van der Waals surface area contributed by atoms with Crippen LogP contribution in [0.2, 0.25) is 0 Å². The normalized spacial score (nSPS) is 16.3. The number of aliphatic imine (C=N–C) groups is 1. The second kappa shape index (κ2) is 11.5. The van der Waals surface area contributed by atoms with Crippen LogP contribution in [0.3, 0.4) is 0 Å². The van der Waals surface area contributed by atoms with E-state index in [0.717, 1.165) is 46.1 Å². The van der Waals surface area contributed by atoms with Gasteiger partial charge in [0.1, 0.15) is 16.0 Å². The second-order valence-electron chi connectivity index (χ2n) is 9.37. The summed E-state index contributed by atoms with van der Waals surface area (Å²) in [6.07, 6.45) is -4.83. The molecular formula is C29H27F3N4O3S. The van der Waals surface area contributed by atoms with Gasteiger partial charge in [0, 0.05) is 17.1 Å². The summed E-state index contributed by atoms with van der Waals surface area (Å²) in [5.74, 6) is -1.49. The number of rotatable bonds is 6. The number of anilines is 2. The highest BCUT2D eigenvalue weighted by atomic mass is 32.2. The van der Waals surface area contributed by atoms with Crippen LogP contribution in [0, 0.1) is 27.7 Å². The number of ether oxygens (including phenoxy) is 1. The Hall–Kier alpha value is -4.25. The fourth-order valence-corrected chi connectivity index (χ4v) is 5.35. The van der Waals surface area contributed by atoms with E-state index < -0.39 is 29.2 Å². The summed E-state index contributed by atoms with van der Waals surface area (Å²) in [6, 6.07) is 16.0. The van der Waals surface area contributed by atoms with E-state index in [-0.39, 0.29) is 22.0 Å². The average Bonchev–Trinajstić information content (AvgIpc) is 3.18. The third-order valence-corrected chi connectivity index (χ3v) is 7.24. The van der Waals surface area contributed by atoms with Crippen molar-refractivity contribution in [3.8, 4) is 5.75 Å². The molecule has 4 N–H and O–H groups in total. The van der Waals surface area contributed by atoms with E-state index in [0.29, 0.717) is 11.4 Å². The molecule has 0 saturated heterocycles. The number of amides is 2. The molecule has 1 heterocycles. The molecule has 7 nitrogen and oxygen atoms in total. The summed E-state index contributed by atoms with van der Waals surface area (Å²) in [5.41, 5.74) is 11.8. The lowest BCUT2D eigenvalue weighted by molar-refractivity contribution is -0.274. The Bertz CT molecular complexity index is 1490. The number of alkyl halides is 3. The maximum absolute atomic E-state index is 13.6. The SMILES string of the molecule is Cc1ccc(N=C2S[C@@H](C(=O)Nc3ccc(OC(F)(F)F)cc3)C(N)=C2C(=O)Nc2c(C)cc(C)cc2C)cc1. The molecule has 0 fully saturated rings. The fraction of sp³-hybridized carbons (Fsp3) is 0.207. The molecule has 0 bridgehead atoms. The average molecular weight is 569 g/mol. The van der Waals surface area contributed by atoms with E-state index in [1.165, 1.54) is 12.1 Å². The molecule has 0 aliphatic carbocycles. The second-order valence-corrected chi connectivity index (χ2v) is 10.5. The Balaban J connectivity index is 1.63. The molecule has 4 rings (SSSR count). The van der Waals surface area contributed by atoms with Crippen molar-refractivity contribution in [2.75, 3.05) is 10.6 Å². The van der Waals surface area contributed by atoms with Crippen molar-refractivity contribution in [1.29, 1.82) is 0 Å². The van der Waals surface area contributed by atoms with Crippen molar-refractivity contribution in [2.45, 2.75) is 39.3 Å². The molecule has 0 saturated carbocycles. The first-order chi connectivity index (χ1) is 18.8. The Morgan fingerprint density at radius 1 is 0.900 bits per heavy atom. The molecule has 40 heavy (non-hydrogen) atoms. The number of aryl methyl sites for hydroxylation is 4. The maximum atomic E-state index is 13.6. The van der Waals surface area contributed by atoms with Gasteiger partial charge >= 0.3 is 6.36 Å². The third-order valence-electron chi connectivity index (χ3n) is 6.02. The number of carbonyl (C=O) groups excluding carboxylic acids is 2. The lowest BCUT2D eigenvalue weighted by Gasteiger charge is -2.14. The molecule has 0 unspecified atom stereocenters. The summed E-state index contributed by atoms with van der Waals surface area (Å²) in [6.45, 7) is 7.68. The number of thioether (sulfide) groups is 1. The van der Waals surface area contributed by atoms with Gasteiger partial charge in [-0.1, -0.05) is 47.2 Å². The number of halogens is 3. The van der Waals surface area contributed by atoms with Crippen molar-refractivity contribution in [3.05, 3.63) is 94.2 Å². The fourth-order valence-electron chi connectivity index (χ4n) is 4.23. The van der Waals surface area contributed by atoms with Gasteiger partial charge in [-0.15, -0.1) is 13.2 Å². The molecule has 1 atom stereocenters. The van der Waals surface area contributed by atoms with Gasteiger partial charge < -0.3 is 21.1 Å². The van der Waals surface area contributed by atoms with E-state index in [1.54, 1.807) is 12.1 Å². The number of nitrogens with zero attached hydrogens (tertiary/aromatic N) is 1. The lowest BCUT2D eigenvalue weighted by atomic mass is 10.0. The summed E-state index contributed by atoms with van der Waals surface area (Å²) >= 11 is 1.02. The van der Waals surface area contributed by atoms with Crippen molar-refractivity contribution in [2.24, 2.45) is 10.7 Å². The number of nitrogens with one attached hydrogen (secondary N) is 2. The minimum Gasteiger partial charge on any atom is -0.406 e. The molecular weight excluding hydrogens is 541 g/mol. The van der Waals surface area contributed by atoms with Crippen molar-refractivity contribution >= 4 is 45.7 Å². The summed E-state index contributed by atoms with van der Waals surface area (Å²) in [5, 5.41) is 4.83. The molecule has 208 valence electrons. The number of hydrogen-bond donors (Lipinski definition) is 3. The first-order valence-corrected chi connectivity index (χ1v) is 13.1. The molecule has 3 aromatic carbocycles. The van der Waals surface area contributed by atoms with Gasteiger partial charge in [-0.05, 0) is 75.2 Å². The van der Waals surface area contributed by atoms with Crippen molar-refractivity contribution < 1.29 is 27.5 Å². The van der Waals surface area contributed by atoms with Crippen LogP contribution in [0.5, 0.6) is 5.75 Å². The van der Waals surface area contributed by atoms with Crippen LogP contribution < -0.4 is 21.1 Å². The van der Waals surface area contributed by atoms with E-state index in [4.69, 9.17) is 5.73 Å². The van der Waals surface area contributed by atoms with Crippen LogP contribution in [-0.2, 0) is 9.59 Å². The van der Waals surface area contributed by atoms with Gasteiger partial charge in [0.25, 0.3) is 5.91 Å². The zero-order valence-corrected chi connectivity index (χ0v) is 23.0. The molecule has 1 aliphatic rings. The Kier molecular flexibility index (Phi) is 8.24. The van der Waals surface area contributed by atoms with Crippen LogP contribution in [0.25, 0.3) is 0 Å². The lowest BCUT2D eigenvalue weighted by Crippen LogP contribution is -2.29. The van der Waals surface area contributed by atoms with E-state index in [1.807, 2.05) is 52.0 Å². The predicted molar refractivity (Wildman–Crippen MR) is 152 cm³/mol. The highest BCUT2D eigenvalue weighted by Gasteiger charge is 2.39. The first-order valence-electron chi connectivity index (χ1n) is 12.2. The standard InChI is InChI=1S/C29H27F3N4O3S/c1-15-5-7-20(8-6-15)35-28-22(26(37)36-24-17(3)13-16(2)14-18(24)4)23(33)25(40-28)27(38)34-19-9-11-21(12-10-19)39-29(30,31)32/h5-14,25H,33H2,1-4H3,(H,34,38)(H,36,37)/t25-/m1/s1. The molecule has 1 aliphatic heterocycles. The molecule has 11 heteroatoms. The van der Waals surface area contributed by atoms with E-state index >= 15 is 0 Å². The van der Waals surface area contributed by atoms with Gasteiger partial charge in [-0.2, -0.15) is 0 Å². The zero-order valence-electron chi connectivity index (χ0n) is 22.1. The Morgan fingerprint density at radius 2 is 1.50 bits per heavy atom. The van der Waals surface area contributed by atoms with Crippen LogP contribution in [-0.4, -0.2) is 28.5 Å². The van der Waals surface area contributed by atoms with Gasteiger partial charge in [-0.25, -0.2) is 4.99 Å². The molecule has 0 aromatic heterocycles. The van der Waals surface area contributed by atoms with Crippen LogP contribution in [0.4, 0.5) is 30.2 Å². The smallest absolute Gasteiger partial charge is 0.406 e. The quantitative estimate of drug-likeness (QED) is 0.317. The molecule has 0 spiro atoms. The number of benzene rings is 3. The topological polar surface area (TPSA) is 106 Å². The largest absolute Gasteiger partial charge is 0.573 e. The van der Waals surface area contributed by atoms with E-state index in [9.17, 15) is 22.8 Å². The van der Waals surface area contributed by atoms with E-state index in [2.05, 4.69) is 20.4 Å². The number of hydrogen-bond acceptors (Lipinski definition) is 6. The Labute approximate surface area is 233 Å². The van der Waals surface area contributed by atoms with Crippen LogP contribution >= 0.6 is 11.8 Å². The number of nitrogens with two attached hydrogens (primary N) is 1. The number of carbonyl (C=O) groups is 2. The summed E-state index contributed by atoms with van der Waals surface area (Å²) in [7, 11) is 0. The molecule has 2 amide bonds. The zero-order chi connectivity index (χ0) is 29.2. The minimum atomic E-state index is -4.83. The van der Waals surface area contributed by atoms with Crippen molar-refractivity contribution in [1.82, 2.24) is 0 Å². The monoisotopic (exact) mass is 568 g/mol. The molecule has 0 radical (unpaired) electrons. The van der Waals surface area contributed by atoms with Gasteiger partial charge in [0.15, 0.2) is 0 Å². The maximum Gasteiger partial charge on any atom is 0.573 e. The van der Waals surface area contributed by atoms with Crippen molar-refractivity contribution in [3.63, 3.8) is 0 Å². The predicted octanol–water partition coefficient (Wildman–Crippen LogP) is 6.45. The first kappa shape index (κ1) is 28.8. The van der Waals surface area contributed by atoms with Gasteiger partial charge in [0.2, 0.25) is 5.91 Å². The van der Waals surface area contributed by atoms with Crippen LogP contribution in [0.15, 0.2) is 76.9 Å². The summed E-state index contributed by atoms with van der Waals surface area (Å²) < 4.78 is 41.2. The highest BCUT2D eigenvalue weighted by Crippen LogP contribution is 2.36. The summed E-state index contributed by atoms with van der Waals surface area (Å²) in [4.78, 5) is 31.4. The highest BCUT2D eigenvalue weighted by molar-refractivity contribution is 8.16. The third kappa shape index (κ3) is 6.84. The Morgan fingerprint density at radius 3 is 2.08 bits per heavy atom. The van der Waals surface area contributed by atoms with Gasteiger partial charge in [-0.3, -0.25) is 9.59 Å².